The first kappa shape index (κ1) is 8.50. The molecule has 13 heavy (non-hydrogen) atoms. The first-order chi connectivity index (χ1) is 6.09. The van der Waals surface area contributed by atoms with Crippen LogP contribution < -0.4 is 5.43 Å². The number of aromatic nitrogens is 1. The molecule has 0 atom stereocenters. The van der Waals surface area contributed by atoms with Gasteiger partial charge in [0.25, 0.3) is 0 Å². The van der Waals surface area contributed by atoms with Crippen LogP contribution in [0.3, 0.4) is 0 Å². The van der Waals surface area contributed by atoms with Gasteiger partial charge in [-0.05, 0) is 28.9 Å². The summed E-state index contributed by atoms with van der Waals surface area (Å²) in [5, 5.41) is 0. The maximum Gasteiger partial charge on any atom is 0.246 e. The van der Waals surface area contributed by atoms with E-state index in [-0.39, 0.29) is 18.1 Å². The van der Waals surface area contributed by atoms with Gasteiger partial charge in [-0.15, -0.1) is 0 Å². The second-order valence-electron chi connectivity index (χ2n) is 2.93. The van der Waals surface area contributed by atoms with E-state index in [1.165, 1.54) is 4.68 Å². The highest BCUT2D eigenvalue weighted by atomic mass is 79.9. The summed E-state index contributed by atoms with van der Waals surface area (Å²) in [5.41, 5.74) is 3.97. The number of hydrogen-bond acceptors (Lipinski definition) is 2. The lowest BCUT2D eigenvalue weighted by atomic mass is 10.2. The van der Waals surface area contributed by atoms with E-state index in [4.69, 9.17) is 0 Å². The Morgan fingerprint density at radius 2 is 2.23 bits per heavy atom. The molecule has 0 saturated heterocycles. The number of carbonyl (C=O) groups is 2. The van der Waals surface area contributed by atoms with Gasteiger partial charge in [0.1, 0.15) is 5.69 Å². The highest BCUT2D eigenvalue weighted by molar-refractivity contribution is 9.10. The molecule has 0 bridgehead atoms. The van der Waals surface area contributed by atoms with Gasteiger partial charge in [0.05, 0.1) is 12.1 Å². The van der Waals surface area contributed by atoms with E-state index in [1.54, 1.807) is 6.07 Å². The Kier molecular flexibility index (Phi) is 1.76. The van der Waals surface area contributed by atoms with Gasteiger partial charge in [-0.1, -0.05) is 0 Å². The molecule has 2 heterocycles. The summed E-state index contributed by atoms with van der Waals surface area (Å²) in [4.78, 5) is 22.4. The normalized spacial score (nSPS) is 15.5. The predicted octanol–water partition coefficient (Wildman–Crippen LogP) is 1.22. The van der Waals surface area contributed by atoms with Gasteiger partial charge in [0, 0.05) is 4.47 Å². The number of nitrogens with one attached hydrogen (secondary N) is 1. The van der Waals surface area contributed by atoms with Crippen molar-refractivity contribution in [2.24, 2.45) is 0 Å². The number of rotatable bonds is 0. The number of Topliss-reactive ketones (excluding diaryl/α,β-unsaturated/α-hetero) is 1. The van der Waals surface area contributed by atoms with E-state index in [1.807, 2.05) is 6.92 Å². The van der Waals surface area contributed by atoms with Gasteiger partial charge >= 0.3 is 0 Å². The zero-order valence-electron chi connectivity index (χ0n) is 6.93. The van der Waals surface area contributed by atoms with Crippen LogP contribution in [0.5, 0.6) is 0 Å². The number of fused-ring (bicyclic) bond motifs is 1. The average molecular weight is 243 g/mol. The Morgan fingerprint density at radius 3 is 2.92 bits per heavy atom. The lowest BCUT2D eigenvalue weighted by Gasteiger charge is -2.16. The lowest BCUT2D eigenvalue weighted by molar-refractivity contribution is -0.116. The molecule has 4 nitrogen and oxygen atoms in total. The maximum absolute atomic E-state index is 11.4. The number of amides is 1. The fourth-order valence-corrected chi connectivity index (χ4v) is 1.72. The number of hydrogen-bond donors (Lipinski definition) is 1. The quantitative estimate of drug-likeness (QED) is 0.696. The molecule has 1 aromatic rings. The van der Waals surface area contributed by atoms with Crippen molar-refractivity contribution in [3.05, 3.63) is 21.9 Å². The number of ketones is 1. The average Bonchev–Trinajstić information content (AvgIpc) is 2.32. The second kappa shape index (κ2) is 2.70. The molecule has 2 rings (SSSR count). The third-order valence-corrected chi connectivity index (χ3v) is 2.83. The molecule has 0 fully saturated rings. The van der Waals surface area contributed by atoms with Crippen molar-refractivity contribution in [3.8, 4) is 0 Å². The third-order valence-electron chi connectivity index (χ3n) is 2.03. The van der Waals surface area contributed by atoms with Crippen LogP contribution in [-0.2, 0) is 4.79 Å². The second-order valence-corrected chi connectivity index (χ2v) is 3.79. The van der Waals surface area contributed by atoms with E-state index in [2.05, 4.69) is 21.4 Å². The fraction of sp³-hybridized carbons (Fsp3) is 0.250. The Balaban J connectivity index is 2.61. The zero-order chi connectivity index (χ0) is 9.59. The van der Waals surface area contributed by atoms with E-state index in [9.17, 15) is 9.59 Å². The SMILES string of the molecule is Cc1c(Br)cc2n1NC(=O)CC2=O. The van der Waals surface area contributed by atoms with Gasteiger partial charge in [-0.3, -0.25) is 19.7 Å². The van der Waals surface area contributed by atoms with Crippen LogP contribution in [0.4, 0.5) is 0 Å². The molecule has 0 radical (unpaired) electrons. The largest absolute Gasteiger partial charge is 0.292 e. The van der Waals surface area contributed by atoms with Crippen molar-refractivity contribution in [1.82, 2.24) is 4.68 Å². The van der Waals surface area contributed by atoms with Crippen molar-refractivity contribution in [2.75, 3.05) is 5.43 Å². The van der Waals surface area contributed by atoms with Gasteiger partial charge in [0.2, 0.25) is 5.91 Å². The van der Waals surface area contributed by atoms with Crippen LogP contribution in [0.1, 0.15) is 22.6 Å². The molecular weight excluding hydrogens is 236 g/mol. The third kappa shape index (κ3) is 1.19. The lowest BCUT2D eigenvalue weighted by Crippen LogP contribution is -2.33. The van der Waals surface area contributed by atoms with Crippen LogP contribution >= 0.6 is 15.9 Å². The predicted molar refractivity (Wildman–Crippen MR) is 50.2 cm³/mol. The van der Waals surface area contributed by atoms with Crippen molar-refractivity contribution in [1.29, 1.82) is 0 Å². The topological polar surface area (TPSA) is 51.1 Å². The zero-order valence-corrected chi connectivity index (χ0v) is 8.51. The molecule has 1 N–H and O–H groups in total. The van der Waals surface area contributed by atoms with Gasteiger partial charge in [-0.2, -0.15) is 0 Å². The van der Waals surface area contributed by atoms with E-state index in [0.29, 0.717) is 5.69 Å². The minimum Gasteiger partial charge on any atom is -0.292 e. The van der Waals surface area contributed by atoms with Gasteiger partial charge in [0.15, 0.2) is 5.78 Å². The summed E-state index contributed by atoms with van der Waals surface area (Å²) in [5.74, 6) is -0.402. The molecule has 1 aromatic heterocycles. The molecule has 0 aliphatic carbocycles. The molecule has 0 spiro atoms. The van der Waals surface area contributed by atoms with Crippen molar-refractivity contribution >= 4 is 27.6 Å². The van der Waals surface area contributed by atoms with E-state index in [0.717, 1.165) is 10.2 Å². The summed E-state index contributed by atoms with van der Waals surface area (Å²) >= 11 is 3.30. The minimum atomic E-state index is -0.260. The Bertz CT molecular complexity index is 409. The van der Waals surface area contributed by atoms with Crippen LogP contribution in [-0.4, -0.2) is 16.4 Å². The molecule has 1 aliphatic heterocycles. The summed E-state index contributed by atoms with van der Waals surface area (Å²) in [6.45, 7) is 1.83. The molecule has 0 unspecified atom stereocenters. The smallest absolute Gasteiger partial charge is 0.246 e. The van der Waals surface area contributed by atoms with Crippen molar-refractivity contribution in [3.63, 3.8) is 0 Å². The first-order valence-electron chi connectivity index (χ1n) is 3.80. The van der Waals surface area contributed by atoms with Crippen LogP contribution in [0.2, 0.25) is 0 Å². The van der Waals surface area contributed by atoms with Crippen molar-refractivity contribution in [2.45, 2.75) is 13.3 Å². The van der Waals surface area contributed by atoms with Gasteiger partial charge < -0.3 is 0 Å². The highest BCUT2D eigenvalue weighted by Gasteiger charge is 2.24. The van der Waals surface area contributed by atoms with Crippen LogP contribution in [0, 0.1) is 6.92 Å². The maximum atomic E-state index is 11.4. The van der Waals surface area contributed by atoms with Crippen LogP contribution in [0.25, 0.3) is 0 Å². The Morgan fingerprint density at radius 1 is 1.54 bits per heavy atom. The summed E-state index contributed by atoms with van der Waals surface area (Å²) in [6.07, 6.45) is -0.0596. The number of carbonyl (C=O) groups excluding carboxylic acids is 2. The standard InChI is InChI=1S/C8H7BrN2O2/c1-4-5(9)2-6-7(12)3-8(13)10-11(4)6/h2H,3H2,1H3,(H,10,13). The molecular formula is C8H7BrN2O2. The van der Waals surface area contributed by atoms with E-state index < -0.39 is 0 Å². The Hall–Kier alpha value is -1.10. The molecule has 1 amide bonds. The molecule has 0 saturated carbocycles. The molecule has 68 valence electrons. The summed E-state index contributed by atoms with van der Waals surface area (Å²) < 4.78 is 2.34. The monoisotopic (exact) mass is 242 g/mol. The fourth-order valence-electron chi connectivity index (χ4n) is 1.33. The molecule has 1 aliphatic rings. The first-order valence-corrected chi connectivity index (χ1v) is 4.60. The minimum absolute atomic E-state index is 0.0596. The van der Waals surface area contributed by atoms with Crippen LogP contribution in [0.15, 0.2) is 10.5 Å². The summed E-state index contributed by atoms with van der Waals surface area (Å²) in [6, 6.07) is 1.72. The van der Waals surface area contributed by atoms with Crippen molar-refractivity contribution < 1.29 is 9.59 Å². The summed E-state index contributed by atoms with van der Waals surface area (Å²) in [7, 11) is 0. The molecule has 0 aromatic carbocycles. The highest BCUT2D eigenvalue weighted by Crippen LogP contribution is 2.23. The molecule has 5 heteroatoms. The van der Waals surface area contributed by atoms with E-state index >= 15 is 0 Å². The number of nitrogens with zero attached hydrogens (tertiary/aromatic N) is 1. The number of halogens is 1. The van der Waals surface area contributed by atoms with Gasteiger partial charge in [-0.25, -0.2) is 0 Å². The Labute approximate surface area is 83.0 Å².